The van der Waals surface area contributed by atoms with Crippen molar-refractivity contribution < 1.29 is 9.66 Å². The van der Waals surface area contributed by atoms with Gasteiger partial charge in [-0.15, -0.1) is 0 Å². The lowest BCUT2D eigenvalue weighted by atomic mass is 10.0. The van der Waals surface area contributed by atoms with Crippen LogP contribution in [0.25, 0.3) is 10.8 Å². The molecule has 0 N–H and O–H groups in total. The first-order chi connectivity index (χ1) is 7.65. The first kappa shape index (κ1) is 10.4. The average Bonchev–Trinajstić information content (AvgIpc) is 2.27. The van der Waals surface area contributed by atoms with E-state index in [1.807, 2.05) is 12.1 Å². The zero-order chi connectivity index (χ0) is 11.7. The maximum Gasteiger partial charge on any atom is 0.280 e. The Hall–Kier alpha value is -2.10. The fraction of sp³-hybridized carbons (Fsp3) is 0.167. The van der Waals surface area contributed by atoms with Gasteiger partial charge in [-0.05, 0) is 19.1 Å². The number of ether oxygens (including phenoxy) is 1. The summed E-state index contributed by atoms with van der Waals surface area (Å²) in [4.78, 5) is 10.7. The Morgan fingerprint density at radius 2 is 1.88 bits per heavy atom. The Morgan fingerprint density at radius 3 is 2.44 bits per heavy atom. The van der Waals surface area contributed by atoms with Crippen molar-refractivity contribution in [3.8, 4) is 5.75 Å². The predicted octanol–water partition coefficient (Wildman–Crippen LogP) is 3.07. The maximum atomic E-state index is 11.0. The summed E-state index contributed by atoms with van der Waals surface area (Å²) in [6, 6.07) is 8.88. The molecular weight excluding hydrogens is 206 g/mol. The van der Waals surface area contributed by atoms with E-state index in [1.54, 1.807) is 32.2 Å². The molecule has 16 heavy (non-hydrogen) atoms. The maximum absolute atomic E-state index is 11.0. The summed E-state index contributed by atoms with van der Waals surface area (Å²) in [7, 11) is 1.56. The number of methoxy groups -OCH3 is 1. The molecule has 0 saturated carbocycles. The van der Waals surface area contributed by atoms with E-state index in [1.165, 1.54) is 0 Å². The summed E-state index contributed by atoms with van der Waals surface area (Å²) in [6.45, 7) is 1.72. The number of hydrogen-bond acceptors (Lipinski definition) is 3. The van der Waals surface area contributed by atoms with Crippen LogP contribution >= 0.6 is 0 Å². The minimum atomic E-state index is -0.350. The van der Waals surface area contributed by atoms with E-state index in [9.17, 15) is 10.1 Å². The molecule has 0 aliphatic heterocycles. The smallest absolute Gasteiger partial charge is 0.280 e. The number of rotatable bonds is 2. The summed E-state index contributed by atoms with van der Waals surface area (Å²) < 4.78 is 5.22. The minimum absolute atomic E-state index is 0.149. The van der Waals surface area contributed by atoms with Crippen molar-refractivity contribution in [2.24, 2.45) is 0 Å². The second kappa shape index (κ2) is 3.81. The second-order valence-electron chi connectivity index (χ2n) is 3.55. The minimum Gasteiger partial charge on any atom is -0.496 e. The molecule has 0 amide bonds. The summed E-state index contributed by atoms with van der Waals surface area (Å²) in [5.74, 6) is 0.665. The van der Waals surface area contributed by atoms with Crippen molar-refractivity contribution in [3.05, 3.63) is 46.0 Å². The molecule has 0 aliphatic carbocycles. The van der Waals surface area contributed by atoms with E-state index in [0.29, 0.717) is 16.7 Å². The van der Waals surface area contributed by atoms with Crippen LogP contribution in [0.5, 0.6) is 5.75 Å². The Bertz CT molecular complexity index is 563. The molecule has 0 spiro atoms. The third-order valence-electron chi connectivity index (χ3n) is 2.57. The summed E-state index contributed by atoms with van der Waals surface area (Å²) in [5, 5.41) is 12.4. The van der Waals surface area contributed by atoms with Crippen molar-refractivity contribution >= 4 is 16.5 Å². The molecule has 82 valence electrons. The Balaban J connectivity index is 2.92. The molecule has 0 saturated heterocycles. The normalized spacial score (nSPS) is 10.4. The topological polar surface area (TPSA) is 52.4 Å². The lowest BCUT2D eigenvalue weighted by Crippen LogP contribution is -1.95. The number of benzene rings is 2. The van der Waals surface area contributed by atoms with Gasteiger partial charge in [-0.25, -0.2) is 0 Å². The van der Waals surface area contributed by atoms with E-state index in [2.05, 4.69) is 0 Å². The van der Waals surface area contributed by atoms with E-state index in [0.717, 1.165) is 5.39 Å². The molecule has 0 aromatic heterocycles. The third kappa shape index (κ3) is 1.48. The first-order valence-electron chi connectivity index (χ1n) is 4.86. The second-order valence-corrected chi connectivity index (χ2v) is 3.55. The summed E-state index contributed by atoms with van der Waals surface area (Å²) in [5.41, 5.74) is 0.761. The van der Waals surface area contributed by atoms with Gasteiger partial charge in [-0.2, -0.15) is 0 Å². The SMILES string of the molecule is COc1cc(C)c([N+](=O)[O-])c2ccccc12. The average molecular weight is 217 g/mol. The first-order valence-corrected chi connectivity index (χ1v) is 4.86. The van der Waals surface area contributed by atoms with Crippen LogP contribution in [0.1, 0.15) is 5.56 Å². The number of nitrogens with zero attached hydrogens (tertiary/aromatic N) is 1. The van der Waals surface area contributed by atoms with Gasteiger partial charge in [0.25, 0.3) is 5.69 Å². The van der Waals surface area contributed by atoms with Gasteiger partial charge in [-0.1, -0.05) is 18.2 Å². The highest BCUT2D eigenvalue weighted by Gasteiger charge is 2.18. The van der Waals surface area contributed by atoms with Crippen LogP contribution in [0.4, 0.5) is 5.69 Å². The molecule has 0 atom stereocenters. The number of hydrogen-bond donors (Lipinski definition) is 0. The lowest BCUT2D eigenvalue weighted by Gasteiger charge is -2.08. The van der Waals surface area contributed by atoms with E-state index < -0.39 is 0 Å². The van der Waals surface area contributed by atoms with Crippen LogP contribution in [0.15, 0.2) is 30.3 Å². The highest BCUT2D eigenvalue weighted by Crippen LogP contribution is 2.35. The van der Waals surface area contributed by atoms with Crippen molar-refractivity contribution in [1.29, 1.82) is 0 Å². The molecule has 0 bridgehead atoms. The van der Waals surface area contributed by atoms with Crippen molar-refractivity contribution in [3.63, 3.8) is 0 Å². The number of fused-ring (bicyclic) bond motifs is 1. The Labute approximate surface area is 92.6 Å². The lowest BCUT2D eigenvalue weighted by molar-refractivity contribution is -0.383. The Kier molecular flexibility index (Phi) is 2.48. The molecule has 2 rings (SSSR count). The van der Waals surface area contributed by atoms with Crippen molar-refractivity contribution in [2.45, 2.75) is 6.92 Å². The van der Waals surface area contributed by atoms with Gasteiger partial charge >= 0.3 is 0 Å². The third-order valence-corrected chi connectivity index (χ3v) is 2.57. The van der Waals surface area contributed by atoms with Gasteiger partial charge in [0.2, 0.25) is 0 Å². The van der Waals surface area contributed by atoms with Gasteiger partial charge in [0, 0.05) is 10.9 Å². The van der Waals surface area contributed by atoms with Gasteiger partial charge in [0.15, 0.2) is 0 Å². The fourth-order valence-electron chi connectivity index (χ4n) is 1.87. The quantitative estimate of drug-likeness (QED) is 0.573. The predicted molar refractivity (Wildman–Crippen MR) is 61.9 cm³/mol. The molecule has 0 heterocycles. The molecule has 4 nitrogen and oxygen atoms in total. The van der Waals surface area contributed by atoms with Crippen molar-refractivity contribution in [2.75, 3.05) is 7.11 Å². The molecule has 0 unspecified atom stereocenters. The van der Waals surface area contributed by atoms with Crippen LogP contribution in [0.3, 0.4) is 0 Å². The fourth-order valence-corrected chi connectivity index (χ4v) is 1.87. The largest absolute Gasteiger partial charge is 0.496 e. The van der Waals surface area contributed by atoms with Crippen LogP contribution in [0, 0.1) is 17.0 Å². The summed E-state index contributed by atoms with van der Waals surface area (Å²) in [6.07, 6.45) is 0. The zero-order valence-electron chi connectivity index (χ0n) is 9.06. The monoisotopic (exact) mass is 217 g/mol. The highest BCUT2D eigenvalue weighted by atomic mass is 16.6. The van der Waals surface area contributed by atoms with E-state index in [4.69, 9.17) is 4.74 Å². The van der Waals surface area contributed by atoms with Gasteiger partial charge in [-0.3, -0.25) is 10.1 Å². The number of nitro groups is 1. The van der Waals surface area contributed by atoms with Gasteiger partial charge < -0.3 is 4.74 Å². The number of nitro benzene ring substituents is 1. The molecule has 0 aliphatic rings. The molecule has 2 aromatic rings. The highest BCUT2D eigenvalue weighted by molar-refractivity contribution is 5.96. The summed E-state index contributed by atoms with van der Waals surface area (Å²) >= 11 is 0. The molecule has 4 heteroatoms. The van der Waals surface area contributed by atoms with Crippen LogP contribution in [-0.2, 0) is 0 Å². The van der Waals surface area contributed by atoms with E-state index >= 15 is 0 Å². The van der Waals surface area contributed by atoms with Gasteiger partial charge in [0.1, 0.15) is 5.75 Å². The van der Waals surface area contributed by atoms with Crippen LogP contribution < -0.4 is 4.74 Å². The van der Waals surface area contributed by atoms with Gasteiger partial charge in [0.05, 0.1) is 17.4 Å². The molecule has 2 aromatic carbocycles. The molecule has 0 fully saturated rings. The molecular formula is C12H11NO3. The van der Waals surface area contributed by atoms with Crippen LogP contribution in [-0.4, -0.2) is 12.0 Å². The molecule has 0 radical (unpaired) electrons. The Morgan fingerprint density at radius 1 is 1.25 bits per heavy atom. The zero-order valence-corrected chi connectivity index (χ0v) is 9.06. The standard InChI is InChI=1S/C12H11NO3/c1-8-7-11(16-2)9-5-3-4-6-10(9)12(8)13(14)15/h3-7H,1-2H3. The van der Waals surface area contributed by atoms with Crippen molar-refractivity contribution in [1.82, 2.24) is 0 Å². The number of aryl methyl sites for hydroxylation is 1. The van der Waals surface area contributed by atoms with E-state index in [-0.39, 0.29) is 10.6 Å². The van der Waals surface area contributed by atoms with Crippen LogP contribution in [0.2, 0.25) is 0 Å².